The van der Waals surface area contributed by atoms with E-state index in [4.69, 9.17) is 10.5 Å². The molecule has 0 unspecified atom stereocenters. The minimum absolute atomic E-state index is 0.224. The van der Waals surface area contributed by atoms with Gasteiger partial charge in [-0.1, -0.05) is 0 Å². The van der Waals surface area contributed by atoms with Crippen LogP contribution < -0.4 is 5.43 Å². The zero-order chi connectivity index (χ0) is 14.4. The lowest BCUT2D eigenvalue weighted by molar-refractivity contribution is 0.0594. The number of carbonyl (C=O) groups excluding carboxylic acids is 1. The Hall–Kier alpha value is -2.93. The van der Waals surface area contributed by atoms with E-state index in [1.165, 1.54) is 13.0 Å². The van der Waals surface area contributed by atoms with Gasteiger partial charge in [0.1, 0.15) is 23.5 Å². The Morgan fingerprint density at radius 1 is 1.42 bits per heavy atom. The number of hydrogen-bond donors (Lipinski definition) is 1. The van der Waals surface area contributed by atoms with Crippen molar-refractivity contribution in [1.82, 2.24) is 0 Å². The first-order valence-electron chi connectivity index (χ1n) is 5.06. The number of nitrogens with one attached hydrogen (secondary N) is 1. The monoisotopic (exact) mass is 260 g/mol. The molecule has 96 valence electrons. The molecule has 6 nitrogen and oxygen atoms in total. The van der Waals surface area contributed by atoms with Crippen molar-refractivity contribution in [2.45, 2.75) is 6.92 Å². The summed E-state index contributed by atoms with van der Waals surface area (Å²) in [6.07, 6.45) is 0. The van der Waals surface area contributed by atoms with Crippen molar-refractivity contribution in [3.8, 4) is 12.1 Å². The predicted molar refractivity (Wildman–Crippen MR) is 64.8 cm³/mol. The maximum atomic E-state index is 13.5. The van der Waals surface area contributed by atoms with Crippen molar-refractivity contribution in [3.05, 3.63) is 29.1 Å². The van der Waals surface area contributed by atoms with Crippen LogP contribution in [0.3, 0.4) is 0 Å². The Kier molecular flexibility index (Phi) is 4.56. The Morgan fingerprint density at radius 2 is 2.05 bits per heavy atom. The molecule has 0 aliphatic carbocycles. The van der Waals surface area contributed by atoms with E-state index in [0.29, 0.717) is 5.69 Å². The molecule has 1 aromatic rings. The lowest BCUT2D eigenvalue weighted by Gasteiger charge is -2.10. The summed E-state index contributed by atoms with van der Waals surface area (Å²) >= 11 is 0. The standard InChI is InChI=1S/C12H9FN4O2/c1-7-10(17-16-8(5-14)6-15)4-3-9(13)11(7)12(18)19-2/h3-4,17H,1-2H3. The third-order valence-corrected chi connectivity index (χ3v) is 2.30. The van der Waals surface area contributed by atoms with Crippen LogP contribution >= 0.6 is 0 Å². The number of rotatable bonds is 3. The fourth-order valence-electron chi connectivity index (χ4n) is 1.34. The summed E-state index contributed by atoms with van der Waals surface area (Å²) < 4.78 is 18.0. The molecule has 1 aromatic carbocycles. The van der Waals surface area contributed by atoms with Crippen molar-refractivity contribution < 1.29 is 13.9 Å². The van der Waals surface area contributed by atoms with Crippen molar-refractivity contribution in [1.29, 1.82) is 10.5 Å². The van der Waals surface area contributed by atoms with Crippen LogP contribution in [0.15, 0.2) is 17.2 Å². The van der Waals surface area contributed by atoms with E-state index in [1.54, 1.807) is 12.1 Å². The van der Waals surface area contributed by atoms with Gasteiger partial charge >= 0.3 is 5.97 Å². The summed E-state index contributed by atoms with van der Waals surface area (Å²) in [6, 6.07) is 5.53. The molecule has 7 heteroatoms. The third kappa shape index (κ3) is 3.05. The molecule has 0 radical (unpaired) electrons. The van der Waals surface area contributed by atoms with E-state index in [9.17, 15) is 9.18 Å². The summed E-state index contributed by atoms with van der Waals surface area (Å²) in [6.45, 7) is 1.49. The first kappa shape index (κ1) is 14.1. The largest absolute Gasteiger partial charge is 0.465 e. The molecule has 0 saturated heterocycles. The number of methoxy groups -OCH3 is 1. The van der Waals surface area contributed by atoms with Gasteiger partial charge in [-0.05, 0) is 24.6 Å². The Bertz CT molecular complexity index is 610. The van der Waals surface area contributed by atoms with Crippen LogP contribution in [-0.2, 0) is 4.74 Å². The number of ether oxygens (including phenoxy) is 1. The second kappa shape index (κ2) is 6.12. The van der Waals surface area contributed by atoms with E-state index < -0.39 is 11.8 Å². The molecule has 0 aliphatic heterocycles. The minimum Gasteiger partial charge on any atom is -0.465 e. The lowest BCUT2D eigenvalue weighted by atomic mass is 10.1. The first-order chi connectivity index (χ1) is 9.04. The van der Waals surface area contributed by atoms with E-state index in [1.807, 2.05) is 0 Å². The predicted octanol–water partition coefficient (Wildman–Crippen LogP) is 1.74. The zero-order valence-corrected chi connectivity index (χ0v) is 10.2. The quantitative estimate of drug-likeness (QED) is 0.507. The number of nitrogens with zero attached hydrogens (tertiary/aromatic N) is 3. The van der Waals surface area contributed by atoms with E-state index in [-0.39, 0.29) is 16.8 Å². The Balaban J connectivity index is 3.20. The van der Waals surface area contributed by atoms with Crippen LogP contribution in [0.5, 0.6) is 0 Å². The van der Waals surface area contributed by atoms with Crippen molar-refractivity contribution in [2.24, 2.45) is 5.10 Å². The van der Waals surface area contributed by atoms with E-state index in [0.717, 1.165) is 13.2 Å². The van der Waals surface area contributed by atoms with Gasteiger partial charge in [0.25, 0.3) is 0 Å². The van der Waals surface area contributed by atoms with Gasteiger partial charge < -0.3 is 4.74 Å². The summed E-state index contributed by atoms with van der Waals surface area (Å²) in [5.41, 5.74) is 2.39. The number of benzene rings is 1. The normalized spacial score (nSPS) is 8.89. The summed E-state index contributed by atoms with van der Waals surface area (Å²) in [4.78, 5) is 11.4. The van der Waals surface area contributed by atoms with E-state index >= 15 is 0 Å². The smallest absolute Gasteiger partial charge is 0.341 e. The number of hydrazone groups is 1. The summed E-state index contributed by atoms with van der Waals surface area (Å²) in [5.74, 6) is -1.54. The molecule has 1 rings (SSSR count). The molecule has 0 amide bonds. The van der Waals surface area contributed by atoms with E-state index in [2.05, 4.69) is 15.3 Å². The molecular formula is C12H9FN4O2. The van der Waals surface area contributed by atoms with Crippen LogP contribution in [-0.4, -0.2) is 18.8 Å². The average Bonchev–Trinajstić information content (AvgIpc) is 2.41. The van der Waals surface area contributed by atoms with Crippen LogP contribution in [0, 0.1) is 35.4 Å². The molecule has 0 atom stereocenters. The highest BCUT2D eigenvalue weighted by molar-refractivity contribution is 6.10. The molecular weight excluding hydrogens is 251 g/mol. The second-order valence-electron chi connectivity index (χ2n) is 3.38. The number of hydrogen-bond acceptors (Lipinski definition) is 6. The molecule has 0 fully saturated rings. The van der Waals surface area contributed by atoms with Gasteiger partial charge in [0.15, 0.2) is 0 Å². The molecule has 0 saturated carbocycles. The highest BCUT2D eigenvalue weighted by Crippen LogP contribution is 2.22. The third-order valence-electron chi connectivity index (χ3n) is 2.30. The van der Waals surface area contributed by atoms with Crippen LogP contribution in [0.4, 0.5) is 10.1 Å². The van der Waals surface area contributed by atoms with Gasteiger partial charge in [-0.2, -0.15) is 15.6 Å². The van der Waals surface area contributed by atoms with Crippen LogP contribution in [0.25, 0.3) is 0 Å². The Labute approximate surface area is 108 Å². The number of nitriles is 2. The van der Waals surface area contributed by atoms with Crippen molar-refractivity contribution in [3.63, 3.8) is 0 Å². The van der Waals surface area contributed by atoms with Crippen LogP contribution in [0.1, 0.15) is 15.9 Å². The van der Waals surface area contributed by atoms with Crippen molar-refractivity contribution >= 4 is 17.4 Å². The summed E-state index contributed by atoms with van der Waals surface area (Å²) in [7, 11) is 1.14. The number of anilines is 1. The highest BCUT2D eigenvalue weighted by atomic mass is 19.1. The van der Waals surface area contributed by atoms with Gasteiger partial charge in [0.05, 0.1) is 12.8 Å². The first-order valence-corrected chi connectivity index (χ1v) is 5.06. The van der Waals surface area contributed by atoms with Crippen LogP contribution in [0.2, 0.25) is 0 Å². The van der Waals surface area contributed by atoms with Gasteiger partial charge in [-0.25, -0.2) is 9.18 Å². The number of esters is 1. The Morgan fingerprint density at radius 3 is 2.58 bits per heavy atom. The number of halogens is 1. The fourth-order valence-corrected chi connectivity index (χ4v) is 1.34. The van der Waals surface area contributed by atoms with Gasteiger partial charge in [-0.15, -0.1) is 0 Å². The van der Waals surface area contributed by atoms with Crippen molar-refractivity contribution in [2.75, 3.05) is 12.5 Å². The van der Waals surface area contributed by atoms with Gasteiger partial charge in [0.2, 0.25) is 5.71 Å². The molecule has 0 bridgehead atoms. The molecule has 1 N–H and O–H groups in total. The molecule has 0 aliphatic rings. The maximum absolute atomic E-state index is 13.5. The maximum Gasteiger partial charge on any atom is 0.341 e. The topological polar surface area (TPSA) is 98.3 Å². The lowest BCUT2D eigenvalue weighted by Crippen LogP contribution is -2.09. The second-order valence-corrected chi connectivity index (χ2v) is 3.38. The van der Waals surface area contributed by atoms with Gasteiger partial charge in [0, 0.05) is 0 Å². The SMILES string of the molecule is COC(=O)c1c(F)ccc(NN=C(C#N)C#N)c1C. The zero-order valence-electron chi connectivity index (χ0n) is 10.2. The summed E-state index contributed by atoms with van der Waals surface area (Å²) in [5, 5.41) is 20.6. The fraction of sp³-hybridized carbons (Fsp3) is 0.167. The molecule has 0 spiro atoms. The minimum atomic E-state index is -0.816. The molecule has 0 aromatic heterocycles. The highest BCUT2D eigenvalue weighted by Gasteiger charge is 2.17. The average molecular weight is 260 g/mol. The molecule has 0 heterocycles. The molecule has 19 heavy (non-hydrogen) atoms. The number of carbonyl (C=O) groups is 1. The van der Waals surface area contributed by atoms with Gasteiger partial charge in [-0.3, -0.25) is 5.43 Å².